The molecule has 6 heteroatoms. The van der Waals surface area contributed by atoms with Crippen LogP contribution in [0.5, 0.6) is 0 Å². The van der Waals surface area contributed by atoms with E-state index in [1.54, 1.807) is 19.2 Å². The average molecular weight is 296 g/mol. The van der Waals surface area contributed by atoms with Crippen molar-refractivity contribution >= 4 is 17.4 Å². The Morgan fingerprint density at radius 1 is 1.25 bits per heavy atom. The second kappa shape index (κ2) is 6.63. The molecule has 0 amide bonds. The molecule has 0 aliphatic rings. The van der Waals surface area contributed by atoms with E-state index in [1.165, 1.54) is 12.1 Å². The highest BCUT2D eigenvalue weighted by Crippen LogP contribution is 2.24. The smallest absolute Gasteiger partial charge is 0.157 e. The van der Waals surface area contributed by atoms with E-state index in [-0.39, 0.29) is 0 Å². The zero-order valence-electron chi connectivity index (χ0n) is 11.3. The lowest BCUT2D eigenvalue weighted by Crippen LogP contribution is -2.04. The maximum atomic E-state index is 13.4. The normalized spacial score (nSPS) is 10.6. The van der Waals surface area contributed by atoms with Crippen LogP contribution in [-0.2, 0) is 11.3 Å². The summed E-state index contributed by atoms with van der Waals surface area (Å²) in [7, 11) is 1.76. The lowest BCUT2D eigenvalue weighted by Gasteiger charge is -2.08. The largest absolute Gasteiger partial charge is 0.374 e. The number of benzene rings is 1. The van der Waals surface area contributed by atoms with Gasteiger partial charge in [-0.25, -0.2) is 14.4 Å². The van der Waals surface area contributed by atoms with Gasteiger partial charge in [0.25, 0.3) is 0 Å². The van der Waals surface area contributed by atoms with Gasteiger partial charge < -0.3 is 10.1 Å². The standard InChI is InChI=1S/C14H15ClFN3O/c1-3-20-8-14-18-12(7-13(17-2)19-14)9-4-10(15)6-11(16)5-9/h4-7H,3,8H2,1-2H3,(H,17,18,19). The van der Waals surface area contributed by atoms with E-state index >= 15 is 0 Å². The van der Waals surface area contributed by atoms with Crippen molar-refractivity contribution in [1.29, 1.82) is 0 Å². The minimum atomic E-state index is -0.400. The van der Waals surface area contributed by atoms with Crippen molar-refractivity contribution in [2.24, 2.45) is 0 Å². The second-order valence-corrected chi connectivity index (χ2v) is 4.54. The van der Waals surface area contributed by atoms with Crippen LogP contribution in [0.4, 0.5) is 10.2 Å². The molecule has 20 heavy (non-hydrogen) atoms. The molecule has 4 nitrogen and oxygen atoms in total. The molecule has 0 saturated carbocycles. The zero-order valence-corrected chi connectivity index (χ0v) is 12.0. The number of nitrogens with zero attached hydrogens (tertiary/aromatic N) is 2. The fourth-order valence-electron chi connectivity index (χ4n) is 1.73. The number of halogens is 2. The number of nitrogens with one attached hydrogen (secondary N) is 1. The maximum Gasteiger partial charge on any atom is 0.157 e. The maximum absolute atomic E-state index is 13.4. The SMILES string of the molecule is CCOCc1nc(NC)cc(-c2cc(F)cc(Cl)c2)n1. The Kier molecular flexibility index (Phi) is 4.87. The van der Waals surface area contributed by atoms with Crippen LogP contribution in [-0.4, -0.2) is 23.6 Å². The number of rotatable bonds is 5. The number of hydrogen-bond acceptors (Lipinski definition) is 4. The molecule has 1 N–H and O–H groups in total. The van der Waals surface area contributed by atoms with Gasteiger partial charge in [0.2, 0.25) is 0 Å². The summed E-state index contributed by atoms with van der Waals surface area (Å²) in [6, 6.07) is 6.04. The first-order chi connectivity index (χ1) is 9.62. The first-order valence-electron chi connectivity index (χ1n) is 6.22. The zero-order chi connectivity index (χ0) is 14.5. The minimum Gasteiger partial charge on any atom is -0.374 e. The molecule has 0 spiro atoms. The molecular formula is C14H15ClFN3O. The van der Waals surface area contributed by atoms with Crippen LogP contribution in [0.3, 0.4) is 0 Å². The van der Waals surface area contributed by atoms with Crippen molar-refractivity contribution in [1.82, 2.24) is 9.97 Å². The second-order valence-electron chi connectivity index (χ2n) is 4.10. The van der Waals surface area contributed by atoms with Crippen LogP contribution in [0.15, 0.2) is 24.3 Å². The molecule has 0 aliphatic carbocycles. The van der Waals surface area contributed by atoms with Crippen molar-refractivity contribution in [3.8, 4) is 11.3 Å². The molecule has 0 unspecified atom stereocenters. The molecule has 0 radical (unpaired) electrons. The summed E-state index contributed by atoms with van der Waals surface area (Å²) in [4.78, 5) is 8.66. The Labute approximate surface area is 122 Å². The molecule has 1 heterocycles. The molecular weight excluding hydrogens is 281 g/mol. The van der Waals surface area contributed by atoms with Crippen LogP contribution in [0.2, 0.25) is 5.02 Å². The van der Waals surface area contributed by atoms with Gasteiger partial charge in [0, 0.05) is 30.3 Å². The predicted octanol–water partition coefficient (Wildman–Crippen LogP) is 3.51. The number of aromatic nitrogens is 2. The summed E-state index contributed by atoms with van der Waals surface area (Å²) in [5, 5.41) is 3.28. The minimum absolute atomic E-state index is 0.308. The molecule has 2 aromatic rings. The van der Waals surface area contributed by atoms with E-state index < -0.39 is 5.82 Å². The Morgan fingerprint density at radius 3 is 2.70 bits per heavy atom. The molecule has 0 atom stereocenters. The third-order valence-electron chi connectivity index (χ3n) is 2.62. The van der Waals surface area contributed by atoms with Crippen molar-refractivity contribution in [2.45, 2.75) is 13.5 Å². The summed E-state index contributed by atoms with van der Waals surface area (Å²) in [6.07, 6.45) is 0. The molecule has 0 fully saturated rings. The van der Waals surface area contributed by atoms with Gasteiger partial charge >= 0.3 is 0 Å². The van der Waals surface area contributed by atoms with Crippen molar-refractivity contribution in [2.75, 3.05) is 19.0 Å². The topological polar surface area (TPSA) is 47.0 Å². The van der Waals surface area contributed by atoms with E-state index in [4.69, 9.17) is 16.3 Å². The van der Waals surface area contributed by atoms with Gasteiger partial charge in [0.05, 0.1) is 5.69 Å². The van der Waals surface area contributed by atoms with Crippen molar-refractivity contribution in [3.05, 3.63) is 40.9 Å². The van der Waals surface area contributed by atoms with Gasteiger partial charge in [0.15, 0.2) is 5.82 Å². The molecule has 2 rings (SSSR count). The highest BCUT2D eigenvalue weighted by atomic mass is 35.5. The summed E-state index contributed by atoms with van der Waals surface area (Å²) in [6.45, 7) is 2.78. The summed E-state index contributed by atoms with van der Waals surface area (Å²) < 4.78 is 18.7. The Morgan fingerprint density at radius 2 is 2.05 bits per heavy atom. The van der Waals surface area contributed by atoms with E-state index in [1.807, 2.05) is 6.92 Å². The average Bonchev–Trinajstić information content (AvgIpc) is 2.43. The van der Waals surface area contributed by atoms with Crippen LogP contribution in [0.1, 0.15) is 12.7 Å². The van der Waals surface area contributed by atoms with E-state index in [9.17, 15) is 4.39 Å². The molecule has 0 aliphatic heterocycles. The number of anilines is 1. The summed E-state index contributed by atoms with van der Waals surface area (Å²) in [5.74, 6) is 0.780. The first-order valence-corrected chi connectivity index (χ1v) is 6.60. The highest BCUT2D eigenvalue weighted by molar-refractivity contribution is 6.30. The quantitative estimate of drug-likeness (QED) is 0.917. The summed E-state index contributed by atoms with van der Waals surface area (Å²) in [5.41, 5.74) is 1.20. The first kappa shape index (κ1) is 14.7. The van der Waals surface area contributed by atoms with Crippen LogP contribution in [0, 0.1) is 5.82 Å². The monoisotopic (exact) mass is 295 g/mol. The number of ether oxygens (including phenoxy) is 1. The third-order valence-corrected chi connectivity index (χ3v) is 2.84. The lowest BCUT2D eigenvalue weighted by atomic mass is 10.1. The van der Waals surface area contributed by atoms with Gasteiger partial charge in [-0.15, -0.1) is 0 Å². The van der Waals surface area contributed by atoms with Gasteiger partial charge in [-0.2, -0.15) is 0 Å². The highest BCUT2D eigenvalue weighted by Gasteiger charge is 2.08. The molecule has 0 bridgehead atoms. The summed E-state index contributed by atoms with van der Waals surface area (Å²) >= 11 is 5.87. The number of hydrogen-bond donors (Lipinski definition) is 1. The van der Waals surface area contributed by atoms with Gasteiger partial charge in [-0.05, 0) is 25.1 Å². The van der Waals surface area contributed by atoms with Crippen molar-refractivity contribution < 1.29 is 9.13 Å². The fourth-order valence-corrected chi connectivity index (χ4v) is 1.95. The molecule has 1 aromatic heterocycles. The Bertz CT molecular complexity index is 587. The van der Waals surface area contributed by atoms with Crippen molar-refractivity contribution in [3.63, 3.8) is 0 Å². The van der Waals surface area contributed by atoms with Crippen LogP contribution < -0.4 is 5.32 Å². The van der Waals surface area contributed by atoms with Crippen LogP contribution in [0.25, 0.3) is 11.3 Å². The molecule has 0 saturated heterocycles. The molecule has 1 aromatic carbocycles. The third kappa shape index (κ3) is 3.65. The Balaban J connectivity index is 2.43. The van der Waals surface area contributed by atoms with Gasteiger partial charge in [-0.1, -0.05) is 11.6 Å². The van der Waals surface area contributed by atoms with Crippen LogP contribution >= 0.6 is 11.6 Å². The van der Waals surface area contributed by atoms with Gasteiger partial charge in [0.1, 0.15) is 18.2 Å². The Hall–Kier alpha value is -1.72. The lowest BCUT2D eigenvalue weighted by molar-refractivity contribution is 0.128. The van der Waals surface area contributed by atoms with E-state index in [0.717, 1.165) is 0 Å². The van der Waals surface area contributed by atoms with E-state index in [0.29, 0.717) is 41.1 Å². The predicted molar refractivity (Wildman–Crippen MR) is 77.3 cm³/mol. The fraction of sp³-hybridized carbons (Fsp3) is 0.286. The van der Waals surface area contributed by atoms with Gasteiger partial charge in [-0.3, -0.25) is 0 Å². The van der Waals surface area contributed by atoms with E-state index in [2.05, 4.69) is 15.3 Å². The molecule has 106 valence electrons.